The molecule has 1 aromatic carbocycles. The maximum atomic E-state index is 12.7. The van der Waals surface area contributed by atoms with Crippen LogP contribution < -0.4 is 9.64 Å². The Kier molecular flexibility index (Phi) is 4.51. The summed E-state index contributed by atoms with van der Waals surface area (Å²) in [5.41, 5.74) is 1.82. The van der Waals surface area contributed by atoms with Crippen LogP contribution in [0.4, 0.5) is 5.69 Å². The smallest absolute Gasteiger partial charge is 0.275 e. The van der Waals surface area contributed by atoms with Crippen LogP contribution in [-0.4, -0.2) is 39.9 Å². The number of aromatic amines is 1. The Morgan fingerprint density at radius 3 is 3.00 bits per heavy atom. The first-order valence-electron chi connectivity index (χ1n) is 9.19. The lowest BCUT2D eigenvalue weighted by Gasteiger charge is -2.19. The number of hydrogen-bond donors (Lipinski definition) is 1. The summed E-state index contributed by atoms with van der Waals surface area (Å²) in [7, 11) is 1.55. The van der Waals surface area contributed by atoms with E-state index in [4.69, 9.17) is 25.3 Å². The predicted molar refractivity (Wildman–Crippen MR) is 107 cm³/mol. The van der Waals surface area contributed by atoms with Crippen molar-refractivity contribution in [1.29, 1.82) is 0 Å². The summed E-state index contributed by atoms with van der Waals surface area (Å²) in [5, 5.41) is 11.7. The predicted octanol–water partition coefficient (Wildman–Crippen LogP) is 3.90. The summed E-state index contributed by atoms with van der Waals surface area (Å²) in [6.45, 7) is 0.398. The van der Waals surface area contributed by atoms with Gasteiger partial charge < -0.3 is 18.6 Å². The summed E-state index contributed by atoms with van der Waals surface area (Å²) in [4.78, 5) is 18.8. The lowest BCUT2D eigenvalue weighted by Crippen LogP contribution is -2.24. The van der Waals surface area contributed by atoms with Crippen molar-refractivity contribution in [3.8, 4) is 28.8 Å². The molecule has 1 unspecified atom stereocenters. The molecule has 1 aliphatic rings. The van der Waals surface area contributed by atoms with E-state index in [-0.39, 0.29) is 18.2 Å². The lowest BCUT2D eigenvalue weighted by atomic mass is 10.1. The van der Waals surface area contributed by atoms with E-state index in [1.54, 1.807) is 48.6 Å². The molecule has 1 atom stereocenters. The van der Waals surface area contributed by atoms with Gasteiger partial charge in [0.05, 0.1) is 19.1 Å². The molecule has 5 rings (SSSR count). The molecule has 0 radical (unpaired) electrons. The highest BCUT2D eigenvalue weighted by Crippen LogP contribution is 2.37. The zero-order chi connectivity index (χ0) is 20.7. The molecule has 4 aromatic rings. The molecule has 10 heteroatoms. The van der Waals surface area contributed by atoms with E-state index >= 15 is 0 Å². The number of methoxy groups -OCH3 is 1. The number of amides is 1. The number of benzene rings is 1. The molecule has 1 amide bonds. The van der Waals surface area contributed by atoms with Crippen molar-refractivity contribution in [3.05, 3.63) is 53.5 Å². The normalized spacial score (nSPS) is 16.4. The zero-order valence-electron chi connectivity index (χ0n) is 15.8. The Hall–Kier alpha value is -3.59. The van der Waals surface area contributed by atoms with Gasteiger partial charge in [0.15, 0.2) is 11.6 Å². The van der Waals surface area contributed by atoms with Crippen molar-refractivity contribution >= 4 is 23.2 Å². The van der Waals surface area contributed by atoms with Crippen molar-refractivity contribution in [2.75, 3.05) is 18.6 Å². The number of nitrogens with one attached hydrogen (secondary N) is 1. The van der Waals surface area contributed by atoms with E-state index in [0.29, 0.717) is 51.9 Å². The molecular weight excluding hydrogens is 410 g/mol. The van der Waals surface area contributed by atoms with Gasteiger partial charge in [0.2, 0.25) is 5.91 Å². The Labute approximate surface area is 175 Å². The first-order valence-corrected chi connectivity index (χ1v) is 9.57. The van der Waals surface area contributed by atoms with E-state index in [9.17, 15) is 4.79 Å². The van der Waals surface area contributed by atoms with Gasteiger partial charge in [-0.15, -0.1) is 0 Å². The second kappa shape index (κ2) is 7.34. The minimum atomic E-state index is -0.217. The minimum absolute atomic E-state index is 0.0615. The zero-order valence-corrected chi connectivity index (χ0v) is 16.6. The average Bonchev–Trinajstić information content (AvgIpc) is 3.53. The molecule has 0 bridgehead atoms. The molecule has 1 fully saturated rings. The van der Waals surface area contributed by atoms with Gasteiger partial charge in [-0.2, -0.15) is 10.1 Å². The number of hydrogen-bond acceptors (Lipinski definition) is 7. The van der Waals surface area contributed by atoms with Crippen LogP contribution in [0.1, 0.15) is 18.2 Å². The molecule has 30 heavy (non-hydrogen) atoms. The number of aromatic nitrogens is 4. The molecule has 152 valence electrons. The molecule has 9 nitrogen and oxygen atoms in total. The highest BCUT2D eigenvalue weighted by Gasteiger charge is 2.36. The van der Waals surface area contributed by atoms with Crippen LogP contribution in [0.2, 0.25) is 5.02 Å². The first-order chi connectivity index (χ1) is 14.6. The second-order valence-corrected chi connectivity index (χ2v) is 7.26. The fraction of sp³-hybridized carbons (Fsp3) is 0.200. The topological polar surface area (TPSA) is 110 Å². The Morgan fingerprint density at radius 1 is 1.30 bits per heavy atom. The molecule has 1 N–H and O–H groups in total. The number of ether oxygens (including phenoxy) is 1. The molecule has 1 saturated heterocycles. The van der Waals surface area contributed by atoms with E-state index in [2.05, 4.69) is 20.3 Å². The highest BCUT2D eigenvalue weighted by atomic mass is 35.5. The number of nitrogens with zero attached hydrogens (tertiary/aromatic N) is 4. The van der Waals surface area contributed by atoms with Crippen LogP contribution in [0.15, 0.2) is 51.6 Å². The van der Waals surface area contributed by atoms with Crippen molar-refractivity contribution in [1.82, 2.24) is 20.3 Å². The van der Waals surface area contributed by atoms with Gasteiger partial charge >= 0.3 is 0 Å². The van der Waals surface area contributed by atoms with E-state index < -0.39 is 0 Å². The second-order valence-electron chi connectivity index (χ2n) is 6.82. The third kappa shape index (κ3) is 3.22. The number of furan rings is 1. The molecule has 4 heterocycles. The van der Waals surface area contributed by atoms with E-state index in [0.717, 1.165) is 0 Å². The standard InChI is InChI=1S/C20H16ClN5O4/c1-28-17-5-4-12(21)8-15(17)26-10-11(7-18(26)27)19-22-20(30-25-19)14-9-13(23-24-14)16-3-2-6-29-16/h2-6,8-9,11H,7,10H2,1H3,(H,23,24). The maximum absolute atomic E-state index is 12.7. The van der Waals surface area contributed by atoms with E-state index in [1.807, 2.05) is 6.07 Å². The third-order valence-corrected chi connectivity index (χ3v) is 5.18. The minimum Gasteiger partial charge on any atom is -0.495 e. The van der Waals surface area contributed by atoms with Crippen LogP contribution in [0.25, 0.3) is 23.0 Å². The van der Waals surface area contributed by atoms with Gasteiger partial charge in [-0.1, -0.05) is 16.8 Å². The van der Waals surface area contributed by atoms with Crippen LogP contribution in [0, 0.1) is 0 Å². The van der Waals surface area contributed by atoms with E-state index in [1.165, 1.54) is 0 Å². The Balaban J connectivity index is 1.37. The average molecular weight is 426 g/mol. The summed E-state index contributed by atoms with van der Waals surface area (Å²) in [6, 6.07) is 10.5. The number of rotatable bonds is 5. The molecular formula is C20H16ClN5O4. The lowest BCUT2D eigenvalue weighted by molar-refractivity contribution is -0.117. The number of H-pyrrole nitrogens is 1. The number of halogens is 1. The van der Waals surface area contributed by atoms with Crippen LogP contribution in [-0.2, 0) is 4.79 Å². The van der Waals surface area contributed by atoms with Crippen LogP contribution >= 0.6 is 11.6 Å². The maximum Gasteiger partial charge on any atom is 0.275 e. The third-order valence-electron chi connectivity index (χ3n) is 4.95. The fourth-order valence-corrected chi connectivity index (χ4v) is 3.65. The SMILES string of the molecule is COc1ccc(Cl)cc1N1CC(c2noc(-c3cc(-c4ccco4)n[nH]3)n2)CC1=O. The molecule has 0 saturated carbocycles. The van der Waals surface area contributed by atoms with Crippen LogP contribution in [0.3, 0.4) is 0 Å². The largest absolute Gasteiger partial charge is 0.495 e. The number of carbonyl (C=O) groups is 1. The van der Waals surface area contributed by atoms with Crippen molar-refractivity contribution < 1.29 is 18.5 Å². The van der Waals surface area contributed by atoms with Gasteiger partial charge in [0.1, 0.15) is 17.1 Å². The van der Waals surface area contributed by atoms with Gasteiger partial charge in [-0.05, 0) is 30.3 Å². The van der Waals surface area contributed by atoms with Crippen molar-refractivity contribution in [2.24, 2.45) is 0 Å². The molecule has 0 aliphatic carbocycles. The molecule has 3 aromatic heterocycles. The summed E-state index contributed by atoms with van der Waals surface area (Å²) < 4.78 is 16.1. The van der Waals surface area contributed by atoms with Crippen molar-refractivity contribution in [3.63, 3.8) is 0 Å². The Bertz CT molecular complexity index is 1200. The highest BCUT2D eigenvalue weighted by molar-refractivity contribution is 6.31. The van der Waals surface area contributed by atoms with Gasteiger partial charge in [0, 0.05) is 30.0 Å². The van der Waals surface area contributed by atoms with Gasteiger partial charge in [0.25, 0.3) is 5.89 Å². The quantitative estimate of drug-likeness (QED) is 0.516. The Morgan fingerprint density at radius 2 is 2.20 bits per heavy atom. The summed E-state index contributed by atoms with van der Waals surface area (Å²) >= 11 is 6.11. The summed E-state index contributed by atoms with van der Waals surface area (Å²) in [6.07, 6.45) is 1.83. The fourth-order valence-electron chi connectivity index (χ4n) is 3.48. The number of carbonyl (C=O) groups excluding carboxylic acids is 1. The van der Waals surface area contributed by atoms with Crippen LogP contribution in [0.5, 0.6) is 5.75 Å². The van der Waals surface area contributed by atoms with Crippen molar-refractivity contribution in [2.45, 2.75) is 12.3 Å². The van der Waals surface area contributed by atoms with Gasteiger partial charge in [-0.3, -0.25) is 9.89 Å². The van der Waals surface area contributed by atoms with Gasteiger partial charge in [-0.25, -0.2) is 0 Å². The first kappa shape index (κ1) is 18.4. The molecule has 1 aliphatic heterocycles. The summed E-state index contributed by atoms with van der Waals surface area (Å²) in [5.74, 6) is 1.67. The monoisotopic (exact) mass is 425 g/mol. The molecule has 0 spiro atoms. The number of anilines is 1.